The fourth-order valence-electron chi connectivity index (χ4n) is 4.31. The number of nitrogen functional groups attached to an aromatic ring is 1. The van der Waals surface area contributed by atoms with E-state index in [0.717, 1.165) is 53.6 Å². The fourth-order valence-corrected chi connectivity index (χ4v) is 4.31. The Morgan fingerprint density at radius 2 is 1.94 bits per heavy atom. The normalized spacial score (nSPS) is 14.9. The van der Waals surface area contributed by atoms with Gasteiger partial charge in [0.15, 0.2) is 11.4 Å². The van der Waals surface area contributed by atoms with Crippen molar-refractivity contribution in [3.05, 3.63) is 54.5 Å². The molecule has 0 bridgehead atoms. The molecule has 1 aromatic carbocycles. The molecule has 1 amide bonds. The Balaban J connectivity index is 1.46. The molecule has 0 atom stereocenters. The van der Waals surface area contributed by atoms with Gasteiger partial charge in [0.05, 0.1) is 18.8 Å². The molecule has 0 saturated carbocycles. The van der Waals surface area contributed by atoms with E-state index in [-0.39, 0.29) is 18.6 Å². The molecule has 8 heteroatoms. The minimum absolute atomic E-state index is 0.000800. The van der Waals surface area contributed by atoms with Crippen molar-refractivity contribution < 1.29 is 14.3 Å². The molecule has 32 heavy (non-hydrogen) atoms. The van der Waals surface area contributed by atoms with Crippen LogP contribution in [0.2, 0.25) is 0 Å². The van der Waals surface area contributed by atoms with Crippen molar-refractivity contribution in [1.29, 1.82) is 0 Å². The van der Waals surface area contributed by atoms with E-state index in [1.165, 1.54) is 0 Å². The predicted octanol–water partition coefficient (Wildman–Crippen LogP) is 3.62. The van der Waals surface area contributed by atoms with Gasteiger partial charge in [-0.1, -0.05) is 24.3 Å². The molecular formula is C24H25N5O3. The number of likely N-dealkylation sites (tertiary alicyclic amines) is 1. The van der Waals surface area contributed by atoms with Crippen LogP contribution < -0.4 is 5.73 Å². The number of hydrogen-bond donors (Lipinski definition) is 2. The molecular weight excluding hydrogens is 406 g/mol. The molecule has 8 nitrogen and oxygen atoms in total. The fraction of sp³-hybridized carbons (Fsp3) is 0.292. The minimum Gasteiger partial charge on any atom is -0.452 e. The number of aromatic nitrogens is 3. The number of fused-ring (bicyclic) bond motifs is 1. The number of piperidine rings is 1. The molecule has 4 heterocycles. The first kappa shape index (κ1) is 20.3. The Hall–Kier alpha value is -3.65. The van der Waals surface area contributed by atoms with Crippen LogP contribution in [0.25, 0.3) is 33.4 Å². The Morgan fingerprint density at radius 1 is 1.19 bits per heavy atom. The maximum absolute atomic E-state index is 11.6. The van der Waals surface area contributed by atoms with Crippen LogP contribution in [0.3, 0.4) is 0 Å². The summed E-state index contributed by atoms with van der Waals surface area (Å²) >= 11 is 0. The van der Waals surface area contributed by atoms with Gasteiger partial charge in [0, 0.05) is 54.5 Å². The maximum atomic E-state index is 11.6. The van der Waals surface area contributed by atoms with E-state index in [0.29, 0.717) is 17.2 Å². The second-order valence-corrected chi connectivity index (χ2v) is 8.21. The smallest absolute Gasteiger partial charge is 0.219 e. The lowest BCUT2D eigenvalue weighted by atomic mass is 10.0. The lowest BCUT2D eigenvalue weighted by Crippen LogP contribution is -2.37. The number of aliphatic hydroxyl groups is 1. The number of pyridine rings is 1. The quantitative estimate of drug-likeness (QED) is 0.511. The summed E-state index contributed by atoms with van der Waals surface area (Å²) in [6, 6.07) is 9.80. The highest BCUT2D eigenvalue weighted by Gasteiger charge is 2.23. The Morgan fingerprint density at radius 3 is 2.62 bits per heavy atom. The summed E-state index contributed by atoms with van der Waals surface area (Å²) in [7, 11) is 0. The summed E-state index contributed by atoms with van der Waals surface area (Å²) in [4.78, 5) is 17.8. The van der Waals surface area contributed by atoms with Crippen LogP contribution in [0, 0.1) is 0 Å². The molecule has 1 saturated heterocycles. The predicted molar refractivity (Wildman–Crippen MR) is 122 cm³/mol. The molecule has 0 radical (unpaired) electrons. The zero-order valence-electron chi connectivity index (χ0n) is 17.9. The Bertz CT molecular complexity index is 1270. The third kappa shape index (κ3) is 3.62. The molecule has 3 N–H and O–H groups in total. The number of nitrogens with two attached hydrogens (primary N) is 1. The van der Waals surface area contributed by atoms with Gasteiger partial charge in [0.1, 0.15) is 5.76 Å². The van der Waals surface area contributed by atoms with Crippen molar-refractivity contribution in [3.8, 4) is 22.5 Å². The van der Waals surface area contributed by atoms with Crippen LogP contribution in [0.1, 0.15) is 31.4 Å². The first-order chi connectivity index (χ1) is 15.5. The van der Waals surface area contributed by atoms with Crippen LogP contribution in [0.5, 0.6) is 0 Å². The molecule has 1 fully saturated rings. The van der Waals surface area contributed by atoms with Gasteiger partial charge in [0.2, 0.25) is 5.91 Å². The number of anilines is 1. The van der Waals surface area contributed by atoms with Crippen molar-refractivity contribution in [2.75, 3.05) is 18.8 Å². The van der Waals surface area contributed by atoms with E-state index in [9.17, 15) is 9.90 Å². The summed E-state index contributed by atoms with van der Waals surface area (Å²) < 4.78 is 8.05. The van der Waals surface area contributed by atoms with Gasteiger partial charge in [0.25, 0.3) is 0 Å². The summed E-state index contributed by atoms with van der Waals surface area (Å²) in [6.07, 6.45) is 7.40. The van der Waals surface area contributed by atoms with E-state index in [1.807, 2.05) is 52.3 Å². The van der Waals surface area contributed by atoms with Crippen molar-refractivity contribution in [3.63, 3.8) is 0 Å². The van der Waals surface area contributed by atoms with E-state index in [4.69, 9.17) is 10.2 Å². The standard InChI is InChI=1S/C24H25N5O3/c1-15(31)28-8-6-19(7-9-28)29-13-18(11-27-29)21-12-26-24(25)23-20(21)10-22(32-23)17-4-2-16(14-30)3-5-17/h2-5,10-13,19,30H,6-9,14H2,1H3,(H2,25,26). The minimum atomic E-state index is -0.000800. The van der Waals surface area contributed by atoms with Crippen LogP contribution in [-0.2, 0) is 11.4 Å². The molecule has 1 aliphatic heterocycles. The van der Waals surface area contributed by atoms with Gasteiger partial charge >= 0.3 is 0 Å². The molecule has 164 valence electrons. The van der Waals surface area contributed by atoms with Gasteiger partial charge in [-0.2, -0.15) is 5.10 Å². The van der Waals surface area contributed by atoms with Crippen LogP contribution in [0.15, 0.2) is 53.3 Å². The highest BCUT2D eigenvalue weighted by molar-refractivity contribution is 6.00. The Kier molecular flexibility index (Phi) is 5.14. The lowest BCUT2D eigenvalue weighted by Gasteiger charge is -2.31. The number of rotatable bonds is 4. The number of carbonyl (C=O) groups excluding carboxylic acids is 1. The molecule has 5 rings (SSSR count). The van der Waals surface area contributed by atoms with Gasteiger partial charge in [-0.15, -0.1) is 0 Å². The van der Waals surface area contributed by atoms with Crippen LogP contribution in [0.4, 0.5) is 5.82 Å². The first-order valence-corrected chi connectivity index (χ1v) is 10.7. The maximum Gasteiger partial charge on any atom is 0.219 e. The summed E-state index contributed by atoms with van der Waals surface area (Å²) in [5, 5.41) is 14.8. The summed E-state index contributed by atoms with van der Waals surface area (Å²) in [5.74, 6) is 1.15. The van der Waals surface area contributed by atoms with Gasteiger partial charge in [-0.25, -0.2) is 4.98 Å². The highest BCUT2D eigenvalue weighted by Crippen LogP contribution is 2.37. The summed E-state index contributed by atoms with van der Waals surface area (Å²) in [6.45, 7) is 3.12. The molecule has 4 aromatic rings. The van der Waals surface area contributed by atoms with E-state index < -0.39 is 0 Å². The molecule has 3 aromatic heterocycles. The number of aliphatic hydroxyl groups excluding tert-OH is 1. The third-order valence-electron chi connectivity index (χ3n) is 6.21. The molecule has 1 aliphatic rings. The van der Waals surface area contributed by atoms with Crippen molar-refractivity contribution in [1.82, 2.24) is 19.7 Å². The van der Waals surface area contributed by atoms with E-state index in [1.54, 1.807) is 13.1 Å². The number of nitrogens with zero attached hydrogens (tertiary/aromatic N) is 4. The zero-order valence-corrected chi connectivity index (χ0v) is 17.9. The average molecular weight is 431 g/mol. The van der Waals surface area contributed by atoms with Crippen molar-refractivity contribution in [2.45, 2.75) is 32.4 Å². The lowest BCUT2D eigenvalue weighted by molar-refractivity contribution is -0.130. The van der Waals surface area contributed by atoms with Gasteiger partial charge in [-0.3, -0.25) is 9.48 Å². The topological polar surface area (TPSA) is 110 Å². The summed E-state index contributed by atoms with van der Waals surface area (Å²) in [5.41, 5.74) is 10.2. The highest BCUT2D eigenvalue weighted by atomic mass is 16.3. The number of furan rings is 1. The second-order valence-electron chi connectivity index (χ2n) is 8.21. The van der Waals surface area contributed by atoms with Gasteiger partial charge < -0.3 is 20.2 Å². The Labute approximate surface area is 185 Å². The third-order valence-corrected chi connectivity index (χ3v) is 6.21. The first-order valence-electron chi connectivity index (χ1n) is 10.7. The van der Waals surface area contributed by atoms with E-state index in [2.05, 4.69) is 10.1 Å². The average Bonchev–Trinajstić information content (AvgIpc) is 3.48. The number of hydrogen-bond acceptors (Lipinski definition) is 6. The largest absolute Gasteiger partial charge is 0.452 e. The van der Waals surface area contributed by atoms with Gasteiger partial charge in [-0.05, 0) is 24.5 Å². The molecule has 0 aliphatic carbocycles. The SMILES string of the molecule is CC(=O)N1CCC(n2cc(-c3cnc(N)c4oc(-c5ccc(CO)cc5)cc34)cn2)CC1. The number of amides is 1. The van der Waals surface area contributed by atoms with Crippen LogP contribution >= 0.6 is 0 Å². The molecule has 0 unspecified atom stereocenters. The second kappa shape index (κ2) is 8.12. The molecule has 0 spiro atoms. The zero-order chi connectivity index (χ0) is 22.2. The monoisotopic (exact) mass is 431 g/mol. The van der Waals surface area contributed by atoms with Crippen LogP contribution in [-0.4, -0.2) is 43.8 Å². The van der Waals surface area contributed by atoms with E-state index >= 15 is 0 Å². The number of benzene rings is 1. The van der Waals surface area contributed by atoms with Crippen molar-refractivity contribution >= 4 is 22.7 Å². The van der Waals surface area contributed by atoms with Crippen molar-refractivity contribution in [2.24, 2.45) is 0 Å². The number of carbonyl (C=O) groups is 1.